The van der Waals surface area contributed by atoms with E-state index in [4.69, 9.17) is 4.74 Å². The molecule has 1 fully saturated rings. The topological polar surface area (TPSA) is 61.9 Å². The van der Waals surface area contributed by atoms with Crippen LogP contribution in [0.1, 0.15) is 68.6 Å². The Labute approximate surface area is 194 Å². The van der Waals surface area contributed by atoms with Crippen molar-refractivity contribution >= 4 is 17.5 Å². The smallest absolute Gasteiger partial charge is 0.321 e. The number of Topliss-reactive ketones (excluding diaryl/α,β-unsaturated/α-hetero) is 1. The largest absolute Gasteiger partial charge is 0.378 e. The molecule has 1 N–H and O–H groups in total. The highest BCUT2D eigenvalue weighted by molar-refractivity contribution is 5.95. The molecule has 0 radical (unpaired) electrons. The van der Waals surface area contributed by atoms with E-state index in [0.29, 0.717) is 17.4 Å². The van der Waals surface area contributed by atoms with Crippen molar-refractivity contribution in [2.75, 3.05) is 39.1 Å². The Hall–Kier alpha value is -2.18. The van der Waals surface area contributed by atoms with Crippen molar-refractivity contribution in [3.63, 3.8) is 0 Å². The lowest BCUT2D eigenvalue weighted by atomic mass is 9.92. The lowest BCUT2D eigenvalue weighted by Gasteiger charge is -2.34. The van der Waals surface area contributed by atoms with Crippen LogP contribution in [0.4, 0.5) is 10.5 Å². The van der Waals surface area contributed by atoms with Crippen molar-refractivity contribution in [3.05, 3.63) is 42.5 Å². The Morgan fingerprint density at radius 1 is 1.06 bits per heavy atom. The first-order valence-electron chi connectivity index (χ1n) is 12.0. The number of hydrogen-bond acceptors (Lipinski definition) is 4. The summed E-state index contributed by atoms with van der Waals surface area (Å²) in [6.07, 6.45) is 11.0. The average Bonchev–Trinajstić information content (AvgIpc) is 2.79. The first-order valence-corrected chi connectivity index (χ1v) is 12.0. The molecule has 178 valence electrons. The maximum absolute atomic E-state index is 12.6. The van der Waals surface area contributed by atoms with E-state index in [1.54, 1.807) is 29.2 Å². The molecule has 0 atom stereocenters. The van der Waals surface area contributed by atoms with Gasteiger partial charge in [0.25, 0.3) is 0 Å². The van der Waals surface area contributed by atoms with Crippen LogP contribution in [0.3, 0.4) is 0 Å². The van der Waals surface area contributed by atoms with Crippen molar-refractivity contribution in [2.45, 2.75) is 70.4 Å². The number of ketones is 1. The zero-order chi connectivity index (χ0) is 23.3. The molecule has 1 saturated carbocycles. The number of unbranched alkanes of at least 4 members (excludes halogenated alkanes) is 3. The number of rotatable bonds is 13. The number of urea groups is 1. The van der Waals surface area contributed by atoms with Crippen LogP contribution in [0, 0.1) is 0 Å². The summed E-state index contributed by atoms with van der Waals surface area (Å²) >= 11 is 0. The van der Waals surface area contributed by atoms with E-state index in [-0.39, 0.29) is 17.9 Å². The number of carbonyl (C=O) groups is 2. The number of nitrogens with one attached hydrogen (secondary N) is 1. The first kappa shape index (κ1) is 26.1. The van der Waals surface area contributed by atoms with E-state index in [0.717, 1.165) is 51.8 Å². The normalized spacial score (nSPS) is 18.4. The fourth-order valence-electron chi connectivity index (χ4n) is 4.16. The van der Waals surface area contributed by atoms with E-state index >= 15 is 0 Å². The van der Waals surface area contributed by atoms with Gasteiger partial charge in [-0.2, -0.15) is 0 Å². The third-order valence-electron chi connectivity index (χ3n) is 6.28. The van der Waals surface area contributed by atoms with Crippen molar-refractivity contribution < 1.29 is 14.3 Å². The van der Waals surface area contributed by atoms with Gasteiger partial charge in [0.1, 0.15) is 0 Å². The van der Waals surface area contributed by atoms with Gasteiger partial charge in [0.15, 0.2) is 5.78 Å². The minimum Gasteiger partial charge on any atom is -0.378 e. The molecule has 0 unspecified atom stereocenters. The molecule has 1 aliphatic rings. The number of hydrogen-bond donors (Lipinski definition) is 1. The van der Waals surface area contributed by atoms with Crippen LogP contribution in [-0.2, 0) is 4.74 Å². The van der Waals surface area contributed by atoms with Crippen molar-refractivity contribution in [3.8, 4) is 0 Å². The lowest BCUT2D eigenvalue weighted by molar-refractivity contribution is 0.0130. The van der Waals surface area contributed by atoms with Gasteiger partial charge < -0.3 is 19.9 Å². The quantitative estimate of drug-likeness (QED) is 0.253. The summed E-state index contributed by atoms with van der Waals surface area (Å²) < 4.78 is 6.09. The molecule has 2 amide bonds. The van der Waals surface area contributed by atoms with Crippen LogP contribution in [0.15, 0.2) is 36.9 Å². The zero-order valence-electron chi connectivity index (χ0n) is 20.1. The van der Waals surface area contributed by atoms with Crippen LogP contribution in [0.2, 0.25) is 0 Å². The van der Waals surface area contributed by atoms with E-state index in [9.17, 15) is 9.59 Å². The molecule has 0 aromatic heterocycles. The van der Waals surface area contributed by atoms with Gasteiger partial charge in [-0.15, -0.1) is 6.58 Å². The van der Waals surface area contributed by atoms with Crippen LogP contribution in [0.5, 0.6) is 0 Å². The Bertz CT molecular complexity index is 712. The fraction of sp³-hybridized carbons (Fsp3) is 0.615. The Kier molecular flexibility index (Phi) is 11.5. The molecular weight excluding hydrogens is 402 g/mol. The Morgan fingerprint density at radius 3 is 2.34 bits per heavy atom. The van der Waals surface area contributed by atoms with Gasteiger partial charge in [0.05, 0.1) is 6.10 Å². The summed E-state index contributed by atoms with van der Waals surface area (Å²) in [5, 5.41) is 2.93. The predicted molar refractivity (Wildman–Crippen MR) is 131 cm³/mol. The van der Waals surface area contributed by atoms with Gasteiger partial charge in [0, 0.05) is 37.5 Å². The number of nitrogens with zero attached hydrogens (tertiary/aromatic N) is 2. The van der Waals surface area contributed by atoms with Gasteiger partial charge in [0.2, 0.25) is 0 Å². The SMILES string of the molecule is C=CCN(C)CCCCCCO[C@H]1CC[C@H](N(C)C(=O)Nc2ccc(C(C)=O)cc2)CC1. The molecular formula is C26H41N3O3. The molecule has 2 rings (SSSR count). The van der Waals surface area contributed by atoms with Crippen molar-refractivity contribution in [1.82, 2.24) is 9.80 Å². The maximum atomic E-state index is 12.6. The monoisotopic (exact) mass is 443 g/mol. The van der Waals surface area contributed by atoms with E-state index in [1.165, 1.54) is 26.2 Å². The molecule has 6 heteroatoms. The van der Waals surface area contributed by atoms with Crippen molar-refractivity contribution in [2.24, 2.45) is 0 Å². The van der Waals surface area contributed by atoms with Gasteiger partial charge in [-0.3, -0.25) is 4.79 Å². The second-order valence-electron chi connectivity index (χ2n) is 8.94. The van der Waals surface area contributed by atoms with Crippen LogP contribution < -0.4 is 5.32 Å². The number of amides is 2. The third kappa shape index (κ3) is 9.13. The number of carbonyl (C=O) groups excluding carboxylic acids is 2. The van der Waals surface area contributed by atoms with E-state index in [1.807, 2.05) is 13.1 Å². The molecule has 0 heterocycles. The van der Waals surface area contributed by atoms with Crippen LogP contribution >= 0.6 is 0 Å². The minimum absolute atomic E-state index is 0.0195. The zero-order valence-corrected chi connectivity index (χ0v) is 20.1. The first-order chi connectivity index (χ1) is 15.4. The molecule has 1 aromatic rings. The molecule has 0 spiro atoms. The Morgan fingerprint density at radius 2 is 1.72 bits per heavy atom. The Balaban J connectivity index is 1.59. The number of benzene rings is 1. The van der Waals surface area contributed by atoms with Gasteiger partial charge >= 0.3 is 6.03 Å². The van der Waals surface area contributed by atoms with Gasteiger partial charge in [-0.05, 0) is 83.3 Å². The highest BCUT2D eigenvalue weighted by atomic mass is 16.5. The summed E-state index contributed by atoms with van der Waals surface area (Å²) in [6, 6.07) is 7.14. The lowest BCUT2D eigenvalue weighted by Crippen LogP contribution is -2.42. The standard InChI is InChI=1S/C26H41N3O3/c1-5-18-28(3)19-8-6-7-9-20-32-25-16-14-24(15-17-25)29(4)26(31)27-23-12-10-22(11-13-23)21(2)30/h5,10-13,24-25H,1,6-9,14-20H2,2-4H3,(H,27,31)/t24-,25-. The van der Waals surface area contributed by atoms with Crippen molar-refractivity contribution in [1.29, 1.82) is 0 Å². The van der Waals surface area contributed by atoms with Crippen LogP contribution in [0.25, 0.3) is 0 Å². The summed E-state index contributed by atoms with van der Waals surface area (Å²) in [7, 11) is 3.99. The number of anilines is 1. The molecule has 1 aliphatic carbocycles. The van der Waals surface area contributed by atoms with Crippen LogP contribution in [-0.4, -0.2) is 67.6 Å². The average molecular weight is 444 g/mol. The molecule has 32 heavy (non-hydrogen) atoms. The molecule has 0 bridgehead atoms. The molecule has 6 nitrogen and oxygen atoms in total. The summed E-state index contributed by atoms with van der Waals surface area (Å²) in [5.41, 5.74) is 1.35. The highest BCUT2D eigenvalue weighted by Gasteiger charge is 2.27. The molecule has 0 aliphatic heterocycles. The van der Waals surface area contributed by atoms with Gasteiger partial charge in [-0.25, -0.2) is 4.79 Å². The summed E-state index contributed by atoms with van der Waals surface area (Å²) in [5.74, 6) is 0.0195. The number of likely N-dealkylation sites (N-methyl/N-ethyl adjacent to an activating group) is 1. The highest BCUT2D eigenvalue weighted by Crippen LogP contribution is 2.25. The number of ether oxygens (including phenoxy) is 1. The predicted octanol–water partition coefficient (Wildman–Crippen LogP) is 5.36. The summed E-state index contributed by atoms with van der Waals surface area (Å²) in [4.78, 5) is 28.1. The maximum Gasteiger partial charge on any atom is 0.321 e. The fourth-order valence-corrected chi connectivity index (χ4v) is 4.16. The minimum atomic E-state index is -0.108. The van der Waals surface area contributed by atoms with E-state index < -0.39 is 0 Å². The summed E-state index contributed by atoms with van der Waals surface area (Å²) in [6.45, 7) is 8.23. The second-order valence-corrected chi connectivity index (χ2v) is 8.94. The van der Waals surface area contributed by atoms with Gasteiger partial charge in [-0.1, -0.05) is 18.9 Å². The second kappa shape index (κ2) is 14.1. The molecule has 0 saturated heterocycles. The molecule has 1 aromatic carbocycles. The van der Waals surface area contributed by atoms with E-state index in [2.05, 4.69) is 23.8 Å². The third-order valence-corrected chi connectivity index (χ3v) is 6.28.